The number of hydrogen-bond donors (Lipinski definition) is 1. The minimum Gasteiger partial charge on any atom is -0.352 e. The van der Waals surface area contributed by atoms with Crippen LogP contribution in [-0.4, -0.2) is 60.8 Å². The van der Waals surface area contributed by atoms with E-state index >= 15 is 0 Å². The minimum atomic E-state index is -4.61. The van der Waals surface area contributed by atoms with Gasteiger partial charge >= 0.3 is 6.18 Å². The van der Waals surface area contributed by atoms with E-state index in [4.69, 9.17) is 0 Å². The largest absolute Gasteiger partial charge is 0.419 e. The van der Waals surface area contributed by atoms with Crippen LogP contribution in [0.25, 0.3) is 5.69 Å². The Hall–Kier alpha value is -3.71. The van der Waals surface area contributed by atoms with Crippen LogP contribution in [0.5, 0.6) is 0 Å². The highest BCUT2D eigenvalue weighted by Gasteiger charge is 2.46. The van der Waals surface area contributed by atoms with Crippen molar-refractivity contribution in [3.63, 3.8) is 0 Å². The summed E-state index contributed by atoms with van der Waals surface area (Å²) in [5, 5.41) is 10.6. The van der Waals surface area contributed by atoms with Gasteiger partial charge in [0.2, 0.25) is 5.95 Å². The van der Waals surface area contributed by atoms with Gasteiger partial charge in [0.25, 0.3) is 11.8 Å². The van der Waals surface area contributed by atoms with Gasteiger partial charge in [0.15, 0.2) is 0 Å². The average Bonchev–Trinajstić information content (AvgIpc) is 3.31. The normalized spacial score (nSPS) is 20.0. The Morgan fingerprint density at radius 1 is 1.17 bits per heavy atom. The van der Waals surface area contributed by atoms with Crippen molar-refractivity contribution in [3.05, 3.63) is 59.9 Å². The predicted molar refractivity (Wildman–Crippen MR) is 110 cm³/mol. The van der Waals surface area contributed by atoms with Crippen molar-refractivity contribution in [1.29, 1.82) is 0 Å². The van der Waals surface area contributed by atoms with Crippen LogP contribution in [0.2, 0.25) is 0 Å². The Bertz CT molecular complexity index is 1180. The number of aromatic nitrogens is 5. The van der Waals surface area contributed by atoms with E-state index < -0.39 is 54.3 Å². The summed E-state index contributed by atoms with van der Waals surface area (Å²) in [6.07, 6.45) is -1.28. The number of carbonyl (C=O) groups is 1. The molecule has 1 aliphatic heterocycles. The van der Waals surface area contributed by atoms with Crippen LogP contribution in [-0.2, 0) is 6.18 Å². The Morgan fingerprint density at radius 2 is 1.83 bits per heavy atom. The summed E-state index contributed by atoms with van der Waals surface area (Å²) in [5.74, 6) is -5.71. The maximum atomic E-state index is 14.5. The number of hydrogen-bond acceptors (Lipinski definition) is 6. The molecule has 0 aliphatic carbocycles. The fraction of sp³-hybridized carbons (Fsp3) is 0.381. The van der Waals surface area contributed by atoms with Gasteiger partial charge in [-0.2, -0.15) is 28.2 Å². The van der Waals surface area contributed by atoms with Crippen LogP contribution in [0.4, 0.5) is 32.3 Å². The monoisotopic (exact) mass is 499 g/mol. The molecule has 2 aromatic heterocycles. The molecule has 35 heavy (non-hydrogen) atoms. The third kappa shape index (κ3) is 5.35. The first-order valence-corrected chi connectivity index (χ1v) is 10.4. The number of amides is 1. The van der Waals surface area contributed by atoms with Gasteiger partial charge in [0.05, 0.1) is 41.8 Å². The molecule has 2 atom stereocenters. The number of nitrogens with one attached hydrogen (secondary N) is 1. The SMILES string of the molecule is CC1CC(F)(F)CN(C(=O)c2cc(F)ccc2-n2nccn2)[C@@H]1CNc1ncc(C(F)(F)F)cn1. The Kier molecular flexibility index (Phi) is 6.38. The van der Waals surface area contributed by atoms with Gasteiger partial charge in [-0.05, 0) is 24.1 Å². The van der Waals surface area contributed by atoms with E-state index in [1.54, 1.807) is 0 Å². The van der Waals surface area contributed by atoms with Gasteiger partial charge in [-0.3, -0.25) is 4.79 Å². The van der Waals surface area contributed by atoms with E-state index in [2.05, 4.69) is 25.5 Å². The lowest BCUT2D eigenvalue weighted by Crippen LogP contribution is -2.57. The summed E-state index contributed by atoms with van der Waals surface area (Å²) < 4.78 is 81.2. The van der Waals surface area contributed by atoms with E-state index in [1.165, 1.54) is 25.4 Å². The van der Waals surface area contributed by atoms with Crippen LogP contribution in [0, 0.1) is 11.7 Å². The molecule has 1 N–H and O–H groups in total. The lowest BCUT2D eigenvalue weighted by atomic mass is 9.87. The molecule has 0 radical (unpaired) electrons. The molecule has 186 valence electrons. The maximum Gasteiger partial charge on any atom is 0.419 e. The lowest BCUT2D eigenvalue weighted by molar-refractivity contribution is -0.138. The van der Waals surface area contributed by atoms with Crippen LogP contribution in [0.1, 0.15) is 29.3 Å². The first-order valence-electron chi connectivity index (χ1n) is 10.4. The van der Waals surface area contributed by atoms with Crippen molar-refractivity contribution in [2.45, 2.75) is 31.5 Å². The first-order chi connectivity index (χ1) is 16.4. The van der Waals surface area contributed by atoms with Crippen molar-refractivity contribution in [2.75, 3.05) is 18.4 Å². The van der Waals surface area contributed by atoms with Gasteiger partial charge in [0.1, 0.15) is 5.82 Å². The Labute approximate surface area is 195 Å². The number of benzene rings is 1. The highest BCUT2D eigenvalue weighted by Crippen LogP contribution is 2.36. The molecular formula is C21H19F6N7O. The zero-order chi connectivity index (χ0) is 25.4. The molecule has 4 rings (SSSR count). The third-order valence-corrected chi connectivity index (χ3v) is 5.61. The molecule has 1 amide bonds. The highest BCUT2D eigenvalue weighted by molar-refractivity contribution is 5.98. The molecule has 1 unspecified atom stereocenters. The van der Waals surface area contributed by atoms with E-state index in [9.17, 15) is 31.1 Å². The number of alkyl halides is 5. The second-order valence-corrected chi connectivity index (χ2v) is 8.19. The summed E-state index contributed by atoms with van der Waals surface area (Å²) in [5.41, 5.74) is -1.17. The van der Waals surface area contributed by atoms with E-state index in [0.29, 0.717) is 12.4 Å². The number of anilines is 1. The maximum absolute atomic E-state index is 14.5. The molecule has 14 heteroatoms. The molecular weight excluding hydrogens is 480 g/mol. The topological polar surface area (TPSA) is 88.8 Å². The number of piperidine rings is 1. The summed E-state index contributed by atoms with van der Waals surface area (Å²) in [7, 11) is 0. The molecule has 3 aromatic rings. The van der Waals surface area contributed by atoms with Crippen molar-refractivity contribution in [3.8, 4) is 5.69 Å². The van der Waals surface area contributed by atoms with E-state index in [-0.39, 0.29) is 23.7 Å². The Balaban J connectivity index is 1.61. The van der Waals surface area contributed by atoms with Crippen molar-refractivity contribution < 1.29 is 31.1 Å². The predicted octanol–water partition coefficient (Wildman–Crippen LogP) is 3.81. The van der Waals surface area contributed by atoms with Crippen LogP contribution < -0.4 is 5.32 Å². The second-order valence-electron chi connectivity index (χ2n) is 8.19. The molecule has 1 aliphatic rings. The summed E-state index contributed by atoms with van der Waals surface area (Å²) in [6, 6.07) is 2.44. The average molecular weight is 499 g/mol. The van der Waals surface area contributed by atoms with Gasteiger partial charge < -0.3 is 10.2 Å². The zero-order valence-corrected chi connectivity index (χ0v) is 18.2. The molecule has 0 spiro atoms. The highest BCUT2D eigenvalue weighted by atomic mass is 19.4. The van der Waals surface area contributed by atoms with Gasteiger partial charge in [-0.15, -0.1) is 0 Å². The van der Waals surface area contributed by atoms with Gasteiger partial charge in [0, 0.05) is 25.4 Å². The number of carbonyl (C=O) groups excluding carboxylic acids is 1. The van der Waals surface area contributed by atoms with Crippen LogP contribution >= 0.6 is 0 Å². The summed E-state index contributed by atoms with van der Waals surface area (Å²) in [6.45, 7) is 0.465. The van der Waals surface area contributed by atoms with E-state index in [1.807, 2.05) is 0 Å². The smallest absolute Gasteiger partial charge is 0.352 e. The zero-order valence-electron chi connectivity index (χ0n) is 18.2. The van der Waals surface area contributed by atoms with Crippen LogP contribution in [0.3, 0.4) is 0 Å². The number of nitrogens with zero attached hydrogens (tertiary/aromatic N) is 6. The third-order valence-electron chi connectivity index (χ3n) is 5.61. The number of likely N-dealkylation sites (tertiary alicyclic amines) is 1. The fourth-order valence-electron chi connectivity index (χ4n) is 3.99. The van der Waals surface area contributed by atoms with Crippen molar-refractivity contribution in [2.24, 2.45) is 5.92 Å². The lowest BCUT2D eigenvalue weighted by Gasteiger charge is -2.43. The quantitative estimate of drug-likeness (QED) is 0.538. The van der Waals surface area contributed by atoms with Crippen molar-refractivity contribution in [1.82, 2.24) is 29.9 Å². The number of halogens is 6. The molecule has 1 saturated heterocycles. The summed E-state index contributed by atoms with van der Waals surface area (Å²) >= 11 is 0. The standard InChI is InChI=1S/C21H19F6N7O/c1-12-7-20(23,24)11-33(17(12)10-30-19-28-8-13(9-29-19)21(25,26)27)18(35)15-6-14(22)2-3-16(15)34-31-4-5-32-34/h2-6,8-9,12,17H,7,10-11H2,1H3,(H,28,29,30)/t12?,17-/m1/s1. The van der Waals surface area contributed by atoms with Crippen molar-refractivity contribution >= 4 is 11.9 Å². The van der Waals surface area contributed by atoms with E-state index in [0.717, 1.165) is 21.8 Å². The van der Waals surface area contributed by atoms with Gasteiger partial charge in [-0.25, -0.2) is 23.1 Å². The molecule has 1 aromatic carbocycles. The van der Waals surface area contributed by atoms with Crippen LogP contribution in [0.15, 0.2) is 43.0 Å². The second kappa shape index (κ2) is 9.15. The first kappa shape index (κ1) is 24.4. The number of rotatable bonds is 5. The van der Waals surface area contributed by atoms with Gasteiger partial charge in [-0.1, -0.05) is 6.92 Å². The minimum absolute atomic E-state index is 0.0979. The molecule has 3 heterocycles. The molecule has 0 bridgehead atoms. The Morgan fingerprint density at radius 3 is 2.46 bits per heavy atom. The molecule has 1 fully saturated rings. The molecule has 8 nitrogen and oxygen atoms in total. The molecule has 0 saturated carbocycles. The fourth-order valence-corrected chi connectivity index (χ4v) is 3.99. The summed E-state index contributed by atoms with van der Waals surface area (Å²) in [4.78, 5) is 22.7.